The van der Waals surface area contributed by atoms with Gasteiger partial charge in [-0.3, -0.25) is 9.59 Å². The number of hydrogen-bond acceptors (Lipinski definition) is 4. The van der Waals surface area contributed by atoms with Crippen LogP contribution in [0, 0.1) is 5.92 Å². The predicted octanol–water partition coefficient (Wildman–Crippen LogP) is 4.98. The van der Waals surface area contributed by atoms with E-state index in [0.29, 0.717) is 23.0 Å². The van der Waals surface area contributed by atoms with Gasteiger partial charge in [0.05, 0.1) is 5.69 Å². The van der Waals surface area contributed by atoms with Gasteiger partial charge in [0.1, 0.15) is 6.04 Å². The van der Waals surface area contributed by atoms with Crippen LogP contribution in [0.1, 0.15) is 37.0 Å². The second-order valence-electron chi connectivity index (χ2n) is 7.26. The molecule has 1 unspecified atom stereocenters. The summed E-state index contributed by atoms with van der Waals surface area (Å²) < 4.78 is 0. The third-order valence-corrected chi connectivity index (χ3v) is 5.25. The number of carbonyl (C=O) groups is 2. The molecule has 1 heterocycles. The highest BCUT2D eigenvalue weighted by atomic mass is 32.1. The van der Waals surface area contributed by atoms with Crippen LogP contribution in [0.5, 0.6) is 0 Å². The SMILES string of the molecule is CC(C)CCC(NC(=O)c1ccccc1)C(=O)Nc1nc(-c2ccccc2)cs1. The van der Waals surface area contributed by atoms with E-state index in [9.17, 15) is 9.59 Å². The Morgan fingerprint density at radius 1 is 0.966 bits per heavy atom. The van der Waals surface area contributed by atoms with Crippen molar-refractivity contribution in [1.82, 2.24) is 10.3 Å². The van der Waals surface area contributed by atoms with Gasteiger partial charge in [-0.25, -0.2) is 4.98 Å². The second-order valence-corrected chi connectivity index (χ2v) is 8.11. The van der Waals surface area contributed by atoms with Crippen molar-refractivity contribution in [2.45, 2.75) is 32.7 Å². The van der Waals surface area contributed by atoms with Crippen molar-refractivity contribution in [3.05, 3.63) is 71.6 Å². The smallest absolute Gasteiger partial charge is 0.251 e. The summed E-state index contributed by atoms with van der Waals surface area (Å²) in [6.45, 7) is 4.20. The quantitative estimate of drug-likeness (QED) is 0.553. The Morgan fingerprint density at radius 3 is 2.28 bits per heavy atom. The van der Waals surface area contributed by atoms with Gasteiger partial charge in [-0.1, -0.05) is 62.4 Å². The number of carbonyl (C=O) groups excluding carboxylic acids is 2. The summed E-state index contributed by atoms with van der Waals surface area (Å²) in [5, 5.41) is 8.18. The molecule has 2 aromatic carbocycles. The second kappa shape index (κ2) is 9.98. The fourth-order valence-corrected chi connectivity index (χ4v) is 3.59. The van der Waals surface area contributed by atoms with Crippen molar-refractivity contribution < 1.29 is 9.59 Å². The molecule has 1 aromatic heterocycles. The minimum absolute atomic E-state index is 0.246. The molecule has 29 heavy (non-hydrogen) atoms. The molecule has 0 radical (unpaired) electrons. The number of rotatable bonds is 8. The monoisotopic (exact) mass is 407 g/mol. The molecule has 3 rings (SSSR count). The van der Waals surface area contributed by atoms with Gasteiger partial charge < -0.3 is 10.6 Å². The van der Waals surface area contributed by atoms with Gasteiger partial charge in [-0.2, -0.15) is 0 Å². The van der Waals surface area contributed by atoms with E-state index in [1.807, 2.05) is 41.8 Å². The highest BCUT2D eigenvalue weighted by Crippen LogP contribution is 2.25. The summed E-state index contributed by atoms with van der Waals surface area (Å²) in [4.78, 5) is 29.9. The molecular formula is C23H25N3O2S. The minimum atomic E-state index is -0.616. The van der Waals surface area contributed by atoms with Gasteiger partial charge in [0.25, 0.3) is 5.91 Å². The zero-order chi connectivity index (χ0) is 20.6. The average Bonchev–Trinajstić information content (AvgIpc) is 3.20. The fourth-order valence-electron chi connectivity index (χ4n) is 2.87. The van der Waals surface area contributed by atoms with Crippen LogP contribution in [-0.2, 0) is 4.79 Å². The van der Waals surface area contributed by atoms with Gasteiger partial charge in [-0.15, -0.1) is 11.3 Å². The lowest BCUT2D eigenvalue weighted by Gasteiger charge is -2.18. The van der Waals surface area contributed by atoms with Gasteiger partial charge in [0.2, 0.25) is 5.91 Å². The maximum Gasteiger partial charge on any atom is 0.251 e. The van der Waals surface area contributed by atoms with Crippen molar-refractivity contribution in [2.75, 3.05) is 5.32 Å². The minimum Gasteiger partial charge on any atom is -0.340 e. The molecule has 0 aliphatic rings. The first-order valence-electron chi connectivity index (χ1n) is 9.70. The summed E-state index contributed by atoms with van der Waals surface area (Å²) in [6, 6.07) is 18.1. The Morgan fingerprint density at radius 2 is 1.62 bits per heavy atom. The molecule has 0 saturated heterocycles. The van der Waals surface area contributed by atoms with E-state index < -0.39 is 6.04 Å². The third-order valence-electron chi connectivity index (χ3n) is 4.49. The molecule has 0 aliphatic carbocycles. The number of hydrogen-bond donors (Lipinski definition) is 2. The molecule has 150 valence electrons. The summed E-state index contributed by atoms with van der Waals surface area (Å²) in [5.74, 6) is -0.0639. The zero-order valence-corrected chi connectivity index (χ0v) is 17.4. The van der Waals surface area contributed by atoms with Crippen LogP contribution in [0.25, 0.3) is 11.3 Å². The molecule has 2 N–H and O–H groups in total. The predicted molar refractivity (Wildman–Crippen MR) is 118 cm³/mol. The molecular weight excluding hydrogens is 382 g/mol. The Bertz CT molecular complexity index is 939. The van der Waals surface area contributed by atoms with Crippen LogP contribution in [0.15, 0.2) is 66.0 Å². The Kier molecular flexibility index (Phi) is 7.14. The van der Waals surface area contributed by atoms with E-state index in [1.165, 1.54) is 11.3 Å². The van der Waals surface area contributed by atoms with Gasteiger partial charge in [0, 0.05) is 16.5 Å². The molecule has 0 fully saturated rings. The first-order chi connectivity index (χ1) is 14.0. The summed E-state index contributed by atoms with van der Waals surface area (Å²) in [6.07, 6.45) is 1.40. The van der Waals surface area contributed by atoms with E-state index in [4.69, 9.17) is 0 Å². The van der Waals surface area contributed by atoms with Crippen LogP contribution in [0.2, 0.25) is 0 Å². The van der Waals surface area contributed by atoms with Gasteiger partial charge in [0.15, 0.2) is 5.13 Å². The molecule has 3 aromatic rings. The lowest BCUT2D eigenvalue weighted by molar-refractivity contribution is -0.118. The largest absolute Gasteiger partial charge is 0.340 e. The molecule has 6 heteroatoms. The van der Waals surface area contributed by atoms with Crippen molar-refractivity contribution >= 4 is 28.3 Å². The summed E-state index contributed by atoms with van der Waals surface area (Å²) >= 11 is 1.37. The van der Waals surface area contributed by atoms with Crippen LogP contribution < -0.4 is 10.6 Å². The Hall–Kier alpha value is -2.99. The third kappa shape index (κ3) is 5.99. The van der Waals surface area contributed by atoms with E-state index in [1.54, 1.807) is 24.3 Å². The van der Waals surface area contributed by atoms with E-state index >= 15 is 0 Å². The fraction of sp³-hybridized carbons (Fsp3) is 0.261. The maximum atomic E-state index is 12.9. The van der Waals surface area contributed by atoms with Gasteiger partial charge >= 0.3 is 0 Å². The molecule has 1 atom stereocenters. The molecule has 0 aliphatic heterocycles. The topological polar surface area (TPSA) is 71.1 Å². The molecule has 0 spiro atoms. The van der Waals surface area contributed by atoms with Crippen LogP contribution in [0.3, 0.4) is 0 Å². The van der Waals surface area contributed by atoms with Gasteiger partial charge in [-0.05, 0) is 30.9 Å². The van der Waals surface area contributed by atoms with Crippen LogP contribution in [0.4, 0.5) is 5.13 Å². The molecule has 2 amide bonds. The Balaban J connectivity index is 1.69. The zero-order valence-electron chi connectivity index (χ0n) is 16.6. The standard InChI is InChI=1S/C23H25N3O2S/c1-16(2)13-14-19(24-21(27)18-11-7-4-8-12-18)22(28)26-23-25-20(15-29-23)17-9-5-3-6-10-17/h3-12,15-16,19H,13-14H2,1-2H3,(H,24,27)(H,25,26,28). The number of benzene rings is 2. The number of amides is 2. The van der Waals surface area contributed by atoms with Crippen LogP contribution in [-0.4, -0.2) is 22.8 Å². The lowest BCUT2D eigenvalue weighted by atomic mass is 10.0. The normalized spacial score (nSPS) is 11.8. The average molecular weight is 408 g/mol. The number of nitrogens with one attached hydrogen (secondary N) is 2. The highest BCUT2D eigenvalue weighted by Gasteiger charge is 2.22. The van der Waals surface area contributed by atoms with E-state index in [2.05, 4.69) is 29.5 Å². The van der Waals surface area contributed by atoms with Crippen molar-refractivity contribution in [3.63, 3.8) is 0 Å². The summed E-state index contributed by atoms with van der Waals surface area (Å²) in [5.41, 5.74) is 2.35. The first-order valence-corrected chi connectivity index (χ1v) is 10.6. The van der Waals surface area contributed by atoms with E-state index in [0.717, 1.165) is 17.7 Å². The number of aromatic nitrogens is 1. The summed E-state index contributed by atoms with van der Waals surface area (Å²) in [7, 11) is 0. The highest BCUT2D eigenvalue weighted by molar-refractivity contribution is 7.14. The van der Waals surface area contributed by atoms with E-state index in [-0.39, 0.29) is 11.8 Å². The lowest BCUT2D eigenvalue weighted by Crippen LogP contribution is -2.44. The first kappa shape index (κ1) is 20.7. The Labute approximate surface area is 175 Å². The number of nitrogens with zero attached hydrogens (tertiary/aromatic N) is 1. The van der Waals surface area contributed by atoms with Crippen molar-refractivity contribution in [1.29, 1.82) is 0 Å². The molecule has 0 bridgehead atoms. The number of anilines is 1. The van der Waals surface area contributed by atoms with Crippen molar-refractivity contribution in [3.8, 4) is 11.3 Å². The van der Waals surface area contributed by atoms with Crippen molar-refractivity contribution in [2.24, 2.45) is 5.92 Å². The number of thiazole rings is 1. The van der Waals surface area contributed by atoms with Crippen LogP contribution >= 0.6 is 11.3 Å². The molecule has 0 saturated carbocycles. The maximum absolute atomic E-state index is 12.9. The molecule has 5 nitrogen and oxygen atoms in total.